The number of anilines is 1. The molecule has 7 heteroatoms. The van der Waals surface area contributed by atoms with Gasteiger partial charge in [-0.2, -0.15) is 0 Å². The Morgan fingerprint density at radius 2 is 1.57 bits per heavy atom. The molecule has 0 saturated heterocycles. The van der Waals surface area contributed by atoms with Gasteiger partial charge in [0.2, 0.25) is 5.76 Å². The second-order valence-corrected chi connectivity index (χ2v) is 9.59. The van der Waals surface area contributed by atoms with Crippen molar-refractivity contribution in [3.8, 4) is 5.75 Å². The minimum absolute atomic E-state index is 0.00852. The smallest absolute Gasteiger partial charge is 0.295 e. The van der Waals surface area contributed by atoms with E-state index in [0.717, 1.165) is 11.1 Å². The van der Waals surface area contributed by atoms with Crippen LogP contribution in [0.25, 0.3) is 11.0 Å². The maximum Gasteiger partial charge on any atom is 0.295 e. The lowest BCUT2D eigenvalue weighted by molar-refractivity contribution is 0.0971. The predicted molar refractivity (Wildman–Crippen MR) is 145 cm³/mol. The van der Waals surface area contributed by atoms with E-state index in [4.69, 9.17) is 32.4 Å². The minimum Gasteiger partial charge on any atom is -0.489 e. The average Bonchev–Trinajstić information content (AvgIpc) is 3.21. The number of benzene rings is 4. The number of fused-ring (bicyclic) bond motifs is 2. The van der Waals surface area contributed by atoms with Crippen molar-refractivity contribution in [3.63, 3.8) is 0 Å². The molecule has 182 valence electrons. The number of carbonyl (C=O) groups is 1. The van der Waals surface area contributed by atoms with Gasteiger partial charge < -0.3 is 9.15 Å². The molecule has 0 aliphatic carbocycles. The molecule has 4 aromatic carbocycles. The van der Waals surface area contributed by atoms with Gasteiger partial charge in [-0.15, -0.1) is 0 Å². The van der Waals surface area contributed by atoms with Gasteiger partial charge in [-0.3, -0.25) is 14.5 Å². The normalized spacial score (nSPS) is 14.7. The summed E-state index contributed by atoms with van der Waals surface area (Å²) in [6.45, 7) is 0.426. The van der Waals surface area contributed by atoms with Crippen molar-refractivity contribution in [2.45, 2.75) is 12.6 Å². The van der Waals surface area contributed by atoms with Gasteiger partial charge in [-0.1, -0.05) is 71.7 Å². The standard InChI is InChI=1S/C30H19Cl2NO4/c31-20-7-4-8-22(15-20)33-27(19-9-12-23(13-10-19)36-17-18-5-2-1-3-6-18)26-28(34)24-16-21(32)11-14-25(24)37-29(26)30(33)35/h1-16,27H,17H2. The molecule has 1 unspecified atom stereocenters. The highest BCUT2D eigenvalue weighted by Crippen LogP contribution is 2.42. The van der Waals surface area contributed by atoms with Gasteiger partial charge in [0, 0.05) is 15.7 Å². The number of amides is 1. The van der Waals surface area contributed by atoms with Crippen LogP contribution in [0.3, 0.4) is 0 Å². The molecule has 1 aliphatic heterocycles. The van der Waals surface area contributed by atoms with Crippen LogP contribution >= 0.6 is 23.2 Å². The fourth-order valence-corrected chi connectivity index (χ4v) is 5.00. The molecule has 1 atom stereocenters. The highest BCUT2D eigenvalue weighted by molar-refractivity contribution is 6.31. The molecule has 37 heavy (non-hydrogen) atoms. The third kappa shape index (κ3) is 4.26. The van der Waals surface area contributed by atoms with Crippen LogP contribution in [-0.2, 0) is 6.61 Å². The molecule has 1 aliphatic rings. The van der Waals surface area contributed by atoms with Crippen LogP contribution in [0, 0.1) is 0 Å². The Balaban J connectivity index is 1.45. The van der Waals surface area contributed by atoms with Gasteiger partial charge in [-0.05, 0) is 59.7 Å². The van der Waals surface area contributed by atoms with Gasteiger partial charge in [-0.25, -0.2) is 0 Å². The van der Waals surface area contributed by atoms with Crippen LogP contribution in [-0.4, -0.2) is 5.91 Å². The van der Waals surface area contributed by atoms with Gasteiger partial charge in [0.05, 0.1) is 17.0 Å². The zero-order valence-electron chi connectivity index (χ0n) is 19.4. The van der Waals surface area contributed by atoms with E-state index >= 15 is 0 Å². The summed E-state index contributed by atoms with van der Waals surface area (Å²) in [6, 6.07) is 28.3. The first-order valence-electron chi connectivity index (χ1n) is 11.6. The minimum atomic E-state index is -0.719. The Kier molecular flexibility index (Phi) is 5.95. The Morgan fingerprint density at radius 1 is 0.811 bits per heavy atom. The molecule has 5 aromatic rings. The molecule has 2 heterocycles. The van der Waals surface area contributed by atoms with Crippen molar-refractivity contribution in [2.24, 2.45) is 0 Å². The molecular formula is C30H19Cl2NO4. The first-order valence-corrected chi connectivity index (χ1v) is 12.4. The largest absolute Gasteiger partial charge is 0.489 e. The predicted octanol–water partition coefficient (Wildman–Crippen LogP) is 7.43. The monoisotopic (exact) mass is 527 g/mol. The maximum atomic E-state index is 13.7. The van der Waals surface area contributed by atoms with Crippen molar-refractivity contribution in [3.05, 3.63) is 140 Å². The van der Waals surface area contributed by atoms with E-state index in [1.807, 2.05) is 54.6 Å². The summed E-state index contributed by atoms with van der Waals surface area (Å²) in [6.07, 6.45) is 0. The first-order chi connectivity index (χ1) is 18.0. The molecule has 0 bridgehead atoms. The first kappa shape index (κ1) is 23.3. The number of ether oxygens (including phenoxy) is 1. The van der Waals surface area contributed by atoms with Crippen LogP contribution in [0.5, 0.6) is 5.75 Å². The van der Waals surface area contributed by atoms with E-state index in [9.17, 15) is 9.59 Å². The molecule has 0 N–H and O–H groups in total. The van der Waals surface area contributed by atoms with E-state index in [1.165, 1.54) is 0 Å². The average molecular weight is 528 g/mol. The number of carbonyl (C=O) groups excluding carboxylic acids is 1. The Labute approximate surface area is 222 Å². The van der Waals surface area contributed by atoms with Gasteiger partial charge in [0.15, 0.2) is 5.43 Å². The second-order valence-electron chi connectivity index (χ2n) is 8.72. The third-order valence-electron chi connectivity index (χ3n) is 6.36. The topological polar surface area (TPSA) is 59.8 Å². The van der Waals surface area contributed by atoms with Crippen LogP contribution in [0.2, 0.25) is 10.0 Å². The zero-order chi connectivity index (χ0) is 25.5. The van der Waals surface area contributed by atoms with E-state index in [0.29, 0.717) is 39.1 Å². The lowest BCUT2D eigenvalue weighted by atomic mass is 9.98. The third-order valence-corrected chi connectivity index (χ3v) is 6.83. The highest BCUT2D eigenvalue weighted by atomic mass is 35.5. The Bertz CT molecular complexity index is 1700. The molecular weight excluding hydrogens is 509 g/mol. The number of hydrogen-bond donors (Lipinski definition) is 0. The fourth-order valence-electron chi connectivity index (χ4n) is 4.64. The summed E-state index contributed by atoms with van der Waals surface area (Å²) in [5, 5.41) is 1.20. The highest BCUT2D eigenvalue weighted by Gasteiger charge is 2.43. The quantitative estimate of drug-likeness (QED) is 0.238. The Morgan fingerprint density at radius 3 is 2.32 bits per heavy atom. The van der Waals surface area contributed by atoms with Crippen molar-refractivity contribution in [1.82, 2.24) is 0 Å². The molecule has 6 rings (SSSR count). The lowest BCUT2D eigenvalue weighted by Gasteiger charge is -2.25. The summed E-state index contributed by atoms with van der Waals surface area (Å²) in [7, 11) is 0. The van der Waals surface area contributed by atoms with Crippen LogP contribution in [0.1, 0.15) is 33.3 Å². The summed E-state index contributed by atoms with van der Waals surface area (Å²) >= 11 is 12.4. The molecule has 0 fully saturated rings. The van der Waals surface area contributed by atoms with Gasteiger partial charge in [0.25, 0.3) is 5.91 Å². The molecule has 5 nitrogen and oxygen atoms in total. The van der Waals surface area contributed by atoms with Crippen molar-refractivity contribution in [1.29, 1.82) is 0 Å². The SMILES string of the molecule is O=C1c2oc3ccc(Cl)cc3c(=O)c2C(c2ccc(OCc3ccccc3)cc2)N1c1cccc(Cl)c1. The number of hydrogen-bond acceptors (Lipinski definition) is 4. The van der Waals surface area contributed by atoms with Crippen molar-refractivity contribution >= 4 is 45.8 Å². The lowest BCUT2D eigenvalue weighted by Crippen LogP contribution is -2.29. The molecule has 0 radical (unpaired) electrons. The second kappa shape index (κ2) is 9.43. The van der Waals surface area contributed by atoms with E-state index in [-0.39, 0.29) is 16.8 Å². The maximum absolute atomic E-state index is 13.7. The molecule has 1 aromatic heterocycles. The van der Waals surface area contributed by atoms with E-state index in [1.54, 1.807) is 47.4 Å². The van der Waals surface area contributed by atoms with Crippen LogP contribution in [0.4, 0.5) is 5.69 Å². The van der Waals surface area contributed by atoms with E-state index in [2.05, 4.69) is 0 Å². The zero-order valence-corrected chi connectivity index (χ0v) is 20.9. The Hall–Kier alpha value is -4.06. The van der Waals surface area contributed by atoms with Crippen molar-refractivity contribution < 1.29 is 13.9 Å². The summed E-state index contributed by atoms with van der Waals surface area (Å²) in [5.74, 6) is 0.263. The molecule has 0 spiro atoms. The van der Waals surface area contributed by atoms with E-state index < -0.39 is 11.9 Å². The van der Waals surface area contributed by atoms with Crippen LogP contribution < -0.4 is 15.1 Å². The van der Waals surface area contributed by atoms with Crippen molar-refractivity contribution in [2.75, 3.05) is 4.90 Å². The van der Waals surface area contributed by atoms with Gasteiger partial charge in [0.1, 0.15) is 17.9 Å². The fraction of sp³-hybridized carbons (Fsp3) is 0.0667. The summed E-state index contributed by atoms with van der Waals surface area (Å²) in [5.41, 5.74) is 2.60. The summed E-state index contributed by atoms with van der Waals surface area (Å²) in [4.78, 5) is 28.9. The summed E-state index contributed by atoms with van der Waals surface area (Å²) < 4.78 is 11.9. The van der Waals surface area contributed by atoms with Crippen LogP contribution in [0.15, 0.2) is 106 Å². The number of nitrogens with zero attached hydrogens (tertiary/aromatic N) is 1. The van der Waals surface area contributed by atoms with Gasteiger partial charge >= 0.3 is 0 Å². The molecule has 0 saturated carbocycles. The number of rotatable bonds is 5. The number of halogens is 2. The molecule has 1 amide bonds.